The molecule has 1 aromatic carbocycles. The summed E-state index contributed by atoms with van der Waals surface area (Å²) in [6.45, 7) is 2.63. The van der Waals surface area contributed by atoms with Crippen LogP contribution in [-0.4, -0.2) is 31.1 Å². The number of ether oxygens (including phenoxy) is 2. The van der Waals surface area contributed by atoms with Crippen LogP contribution < -0.4 is 15.8 Å². The van der Waals surface area contributed by atoms with Gasteiger partial charge in [-0.15, -0.1) is 13.2 Å². The molecule has 0 radical (unpaired) electrons. The smallest absolute Gasteiger partial charge is 0.404 e. The molecule has 0 bridgehead atoms. The summed E-state index contributed by atoms with van der Waals surface area (Å²) in [5.41, 5.74) is 6.10. The summed E-state index contributed by atoms with van der Waals surface area (Å²) in [6, 6.07) is 5.79. The summed E-state index contributed by atoms with van der Waals surface area (Å²) in [5, 5.41) is 2.73. The third-order valence-electron chi connectivity index (χ3n) is 5.06. The summed E-state index contributed by atoms with van der Waals surface area (Å²) in [7, 11) is 0. The highest BCUT2D eigenvalue weighted by molar-refractivity contribution is 5.93. The number of nitrogens with one attached hydrogen (secondary N) is 1. The van der Waals surface area contributed by atoms with E-state index in [1.807, 2.05) is 6.92 Å². The zero-order valence-corrected chi connectivity index (χ0v) is 14.0. The van der Waals surface area contributed by atoms with Crippen molar-refractivity contribution in [2.75, 3.05) is 11.9 Å². The molecule has 8 heteroatoms. The average Bonchev–Trinajstić information content (AvgIpc) is 2.45. The topological polar surface area (TPSA) is 68.9 Å². The minimum absolute atomic E-state index is 0.0426. The van der Waals surface area contributed by atoms with Crippen molar-refractivity contribution in [1.29, 1.82) is 0 Å². The number of rotatable bonds is 5. The maximum Gasteiger partial charge on any atom is 0.573 e. The van der Waals surface area contributed by atoms with E-state index in [-0.39, 0.29) is 35.0 Å². The molecule has 0 heterocycles. The first kappa shape index (κ1) is 17.8. The van der Waals surface area contributed by atoms with Gasteiger partial charge in [-0.2, -0.15) is 0 Å². The normalized spacial score (nSPS) is 25.2. The van der Waals surface area contributed by atoms with Crippen LogP contribution in [0.4, 0.5) is 18.9 Å². The van der Waals surface area contributed by atoms with Crippen LogP contribution in [0.25, 0.3) is 0 Å². The maximum absolute atomic E-state index is 12.5. The number of alkyl halides is 3. The first-order valence-corrected chi connectivity index (χ1v) is 8.41. The van der Waals surface area contributed by atoms with Gasteiger partial charge in [0.1, 0.15) is 0 Å². The number of para-hydroxylation sites is 2. The van der Waals surface area contributed by atoms with E-state index in [1.165, 1.54) is 18.2 Å². The first-order valence-electron chi connectivity index (χ1n) is 8.41. The van der Waals surface area contributed by atoms with Crippen molar-refractivity contribution in [2.45, 2.75) is 51.1 Å². The van der Waals surface area contributed by atoms with Gasteiger partial charge in [-0.3, -0.25) is 0 Å². The maximum atomic E-state index is 12.5. The predicted molar refractivity (Wildman–Crippen MR) is 88.5 cm³/mol. The van der Waals surface area contributed by atoms with Crippen molar-refractivity contribution in [3.05, 3.63) is 24.3 Å². The van der Waals surface area contributed by atoms with Crippen molar-refractivity contribution in [2.24, 2.45) is 16.1 Å². The summed E-state index contributed by atoms with van der Waals surface area (Å²) >= 11 is 0. The molecule has 0 aromatic heterocycles. The Morgan fingerprint density at radius 2 is 2.08 bits per heavy atom. The van der Waals surface area contributed by atoms with Gasteiger partial charge >= 0.3 is 6.36 Å². The largest absolute Gasteiger partial charge is 0.573 e. The van der Waals surface area contributed by atoms with Crippen LogP contribution in [0.1, 0.15) is 32.6 Å². The molecule has 5 nitrogen and oxygen atoms in total. The third kappa shape index (κ3) is 3.68. The fourth-order valence-electron chi connectivity index (χ4n) is 3.70. The Kier molecular flexibility index (Phi) is 4.81. The number of halogens is 3. The molecular formula is C17H22F3N3O2. The number of hydrogen-bond acceptors (Lipinski definition) is 3. The third-order valence-corrected chi connectivity index (χ3v) is 5.06. The molecule has 3 rings (SSSR count). The standard InChI is InChI=1S/C17H22F3N3O2/c1-2-24-14-10-13(16(14)8-5-9-16)23-15(21)22-11-6-3-4-7-12(11)25-17(18,19)20/h3-4,6-7,13-14H,2,5,8-10H2,1H3,(H3,21,22,23). The van der Waals surface area contributed by atoms with Gasteiger partial charge in [-0.25, -0.2) is 4.99 Å². The van der Waals surface area contributed by atoms with Crippen molar-refractivity contribution in [3.63, 3.8) is 0 Å². The van der Waals surface area contributed by atoms with Crippen LogP contribution in [0.3, 0.4) is 0 Å². The van der Waals surface area contributed by atoms with Gasteiger partial charge in [0, 0.05) is 12.0 Å². The van der Waals surface area contributed by atoms with Crippen LogP contribution in [-0.2, 0) is 4.74 Å². The quantitative estimate of drug-likeness (QED) is 0.623. The number of hydrogen-bond donors (Lipinski definition) is 2. The summed E-state index contributed by atoms with van der Waals surface area (Å²) in [5.74, 6) is -0.253. The molecule has 3 N–H and O–H groups in total. The lowest BCUT2D eigenvalue weighted by Crippen LogP contribution is -2.61. The van der Waals surface area contributed by atoms with E-state index >= 15 is 0 Å². The van der Waals surface area contributed by atoms with E-state index in [0.29, 0.717) is 6.61 Å². The van der Waals surface area contributed by atoms with Gasteiger partial charge in [-0.05, 0) is 38.3 Å². The van der Waals surface area contributed by atoms with Gasteiger partial charge in [0.2, 0.25) is 0 Å². The predicted octanol–water partition coefficient (Wildman–Crippen LogP) is 3.66. The van der Waals surface area contributed by atoms with Crippen molar-refractivity contribution >= 4 is 11.6 Å². The Morgan fingerprint density at radius 3 is 2.68 bits per heavy atom. The van der Waals surface area contributed by atoms with E-state index in [1.54, 1.807) is 6.07 Å². The van der Waals surface area contributed by atoms with E-state index in [0.717, 1.165) is 25.7 Å². The van der Waals surface area contributed by atoms with Crippen molar-refractivity contribution in [1.82, 2.24) is 0 Å². The Labute approximate surface area is 144 Å². The Balaban J connectivity index is 1.69. The van der Waals surface area contributed by atoms with E-state index in [9.17, 15) is 13.2 Å². The zero-order valence-electron chi connectivity index (χ0n) is 14.0. The first-order chi connectivity index (χ1) is 11.8. The lowest BCUT2D eigenvalue weighted by Gasteiger charge is -2.59. The molecule has 2 atom stereocenters. The number of nitrogens with two attached hydrogens (primary N) is 1. The van der Waals surface area contributed by atoms with Gasteiger partial charge in [0.05, 0.1) is 17.8 Å². The molecule has 0 aliphatic heterocycles. The van der Waals surface area contributed by atoms with Crippen LogP contribution in [0.15, 0.2) is 29.3 Å². The highest BCUT2D eigenvalue weighted by atomic mass is 19.4. The fourth-order valence-corrected chi connectivity index (χ4v) is 3.70. The molecular weight excluding hydrogens is 335 g/mol. The Morgan fingerprint density at radius 1 is 1.36 bits per heavy atom. The molecule has 2 saturated carbocycles. The van der Waals surface area contributed by atoms with Crippen LogP contribution >= 0.6 is 0 Å². The molecule has 138 valence electrons. The molecule has 1 aromatic rings. The van der Waals surface area contributed by atoms with Gasteiger partial charge in [-0.1, -0.05) is 18.6 Å². The second-order valence-electron chi connectivity index (χ2n) is 6.47. The summed E-state index contributed by atoms with van der Waals surface area (Å²) in [6.07, 6.45) is -0.533. The van der Waals surface area contributed by atoms with E-state index in [4.69, 9.17) is 10.5 Å². The summed E-state index contributed by atoms with van der Waals surface area (Å²) < 4.78 is 47.2. The lowest BCUT2D eigenvalue weighted by molar-refractivity contribution is -0.274. The highest BCUT2D eigenvalue weighted by Gasteiger charge is 2.59. The second kappa shape index (κ2) is 6.74. The van der Waals surface area contributed by atoms with Gasteiger partial charge < -0.3 is 20.5 Å². The lowest BCUT2D eigenvalue weighted by atomic mass is 9.51. The number of anilines is 1. The van der Waals surface area contributed by atoms with Gasteiger partial charge in [0.25, 0.3) is 0 Å². The number of benzene rings is 1. The van der Waals surface area contributed by atoms with Crippen LogP contribution in [0.2, 0.25) is 0 Å². The fraction of sp³-hybridized carbons (Fsp3) is 0.588. The summed E-state index contributed by atoms with van der Waals surface area (Å²) in [4.78, 5) is 4.49. The van der Waals surface area contributed by atoms with E-state index < -0.39 is 6.36 Å². The van der Waals surface area contributed by atoms with Crippen LogP contribution in [0.5, 0.6) is 5.75 Å². The Bertz CT molecular complexity index is 644. The second-order valence-corrected chi connectivity index (χ2v) is 6.47. The SMILES string of the molecule is CCOC1CC(N=C(N)Nc2ccccc2OC(F)(F)F)C12CCC2. The average molecular weight is 357 g/mol. The monoisotopic (exact) mass is 357 g/mol. The number of nitrogens with zero attached hydrogens (tertiary/aromatic N) is 1. The van der Waals surface area contributed by atoms with E-state index in [2.05, 4.69) is 15.0 Å². The number of aliphatic imine (C=N–C) groups is 1. The zero-order chi connectivity index (χ0) is 18.1. The molecule has 0 amide bonds. The molecule has 0 saturated heterocycles. The minimum atomic E-state index is -4.77. The molecule has 2 aliphatic rings. The molecule has 25 heavy (non-hydrogen) atoms. The molecule has 1 spiro atoms. The molecule has 2 aliphatic carbocycles. The number of guanidine groups is 1. The highest BCUT2D eigenvalue weighted by Crippen LogP contribution is 2.58. The van der Waals surface area contributed by atoms with Crippen LogP contribution in [0, 0.1) is 5.41 Å². The molecule has 2 unspecified atom stereocenters. The Hall–Kier alpha value is -1.96. The van der Waals surface area contributed by atoms with Crippen molar-refractivity contribution < 1.29 is 22.6 Å². The minimum Gasteiger partial charge on any atom is -0.404 e. The molecule has 2 fully saturated rings. The van der Waals surface area contributed by atoms with Gasteiger partial charge in [0.15, 0.2) is 11.7 Å². The van der Waals surface area contributed by atoms with Crippen molar-refractivity contribution in [3.8, 4) is 5.75 Å².